The van der Waals surface area contributed by atoms with Gasteiger partial charge in [-0.05, 0) is 37.8 Å². The SMILES string of the molecule is O=C(CSc1nc2ccccc2[nH]1)Nc1nc2c(s1)CCCC2. The van der Waals surface area contributed by atoms with Crippen LogP contribution in [-0.2, 0) is 17.6 Å². The second-order valence-corrected chi connectivity index (χ2v) is 7.54. The maximum atomic E-state index is 12.1. The minimum Gasteiger partial charge on any atom is -0.333 e. The summed E-state index contributed by atoms with van der Waals surface area (Å²) in [6, 6.07) is 7.85. The summed E-state index contributed by atoms with van der Waals surface area (Å²) in [6.07, 6.45) is 4.56. The third-order valence-corrected chi connectivity index (χ3v) is 5.75. The number of thioether (sulfide) groups is 1. The minimum absolute atomic E-state index is 0.0402. The first-order valence-corrected chi connectivity index (χ1v) is 9.44. The number of nitrogens with one attached hydrogen (secondary N) is 2. The number of fused-ring (bicyclic) bond motifs is 2. The maximum Gasteiger partial charge on any atom is 0.236 e. The number of aromatic amines is 1. The smallest absolute Gasteiger partial charge is 0.236 e. The molecule has 23 heavy (non-hydrogen) atoms. The fourth-order valence-corrected chi connectivity index (χ4v) is 4.44. The number of benzene rings is 1. The summed E-state index contributed by atoms with van der Waals surface area (Å²) in [5.74, 6) is 0.283. The topological polar surface area (TPSA) is 70.7 Å². The van der Waals surface area contributed by atoms with Gasteiger partial charge in [-0.1, -0.05) is 23.9 Å². The molecule has 7 heteroatoms. The molecule has 0 radical (unpaired) electrons. The van der Waals surface area contributed by atoms with Crippen LogP contribution in [0.5, 0.6) is 0 Å². The molecule has 118 valence electrons. The monoisotopic (exact) mass is 344 g/mol. The number of imidazole rings is 1. The van der Waals surface area contributed by atoms with Crippen LogP contribution in [0.3, 0.4) is 0 Å². The normalized spacial score (nSPS) is 13.9. The largest absolute Gasteiger partial charge is 0.333 e. The standard InChI is InChI=1S/C16H16N4OS2/c21-14(20-16-19-12-7-3-4-8-13(12)23-16)9-22-15-17-10-5-1-2-6-11(10)18-15/h1-2,5-6H,3-4,7-9H2,(H,17,18)(H,19,20,21). The zero-order valence-corrected chi connectivity index (χ0v) is 14.1. The molecule has 0 spiro atoms. The van der Waals surface area contributed by atoms with Crippen LogP contribution in [0.1, 0.15) is 23.4 Å². The number of aryl methyl sites for hydroxylation is 2. The molecule has 1 aliphatic carbocycles. The van der Waals surface area contributed by atoms with Crippen LogP contribution in [0, 0.1) is 0 Å². The molecule has 2 N–H and O–H groups in total. The number of hydrogen-bond acceptors (Lipinski definition) is 5. The van der Waals surface area contributed by atoms with E-state index in [0.29, 0.717) is 5.75 Å². The summed E-state index contributed by atoms with van der Waals surface area (Å²) < 4.78 is 0. The van der Waals surface area contributed by atoms with Crippen molar-refractivity contribution in [3.05, 3.63) is 34.8 Å². The van der Waals surface area contributed by atoms with Crippen molar-refractivity contribution in [3.8, 4) is 0 Å². The van der Waals surface area contributed by atoms with Crippen LogP contribution in [0.15, 0.2) is 29.4 Å². The van der Waals surface area contributed by atoms with E-state index < -0.39 is 0 Å². The van der Waals surface area contributed by atoms with Crippen molar-refractivity contribution in [3.63, 3.8) is 0 Å². The van der Waals surface area contributed by atoms with Gasteiger partial charge in [0.1, 0.15) is 0 Å². The van der Waals surface area contributed by atoms with E-state index in [9.17, 15) is 4.79 Å². The summed E-state index contributed by atoms with van der Waals surface area (Å²) in [7, 11) is 0. The van der Waals surface area contributed by atoms with E-state index in [0.717, 1.165) is 34.2 Å². The lowest BCUT2D eigenvalue weighted by Gasteiger charge is -2.06. The second-order valence-electron chi connectivity index (χ2n) is 5.49. The highest BCUT2D eigenvalue weighted by atomic mass is 32.2. The predicted molar refractivity (Wildman–Crippen MR) is 94.2 cm³/mol. The molecule has 4 rings (SSSR count). The predicted octanol–water partition coefficient (Wildman–Crippen LogP) is 3.63. The summed E-state index contributed by atoms with van der Waals surface area (Å²) >= 11 is 3.02. The molecule has 5 nitrogen and oxygen atoms in total. The van der Waals surface area contributed by atoms with E-state index in [1.165, 1.54) is 35.2 Å². The summed E-state index contributed by atoms with van der Waals surface area (Å²) in [5.41, 5.74) is 3.08. The van der Waals surface area contributed by atoms with Crippen LogP contribution in [-0.4, -0.2) is 26.6 Å². The van der Waals surface area contributed by atoms with Crippen molar-refractivity contribution in [1.82, 2.24) is 15.0 Å². The Kier molecular flexibility index (Phi) is 4.05. The molecule has 0 saturated carbocycles. The number of rotatable bonds is 4. The summed E-state index contributed by atoms with van der Waals surface area (Å²) in [6.45, 7) is 0. The molecule has 3 aromatic rings. The number of hydrogen-bond donors (Lipinski definition) is 2. The Labute approximate surface area is 141 Å². The van der Waals surface area contributed by atoms with Gasteiger partial charge in [0.25, 0.3) is 0 Å². The molecule has 0 fully saturated rings. The Hall–Kier alpha value is -1.86. The van der Waals surface area contributed by atoms with Crippen LogP contribution < -0.4 is 5.32 Å². The highest BCUT2D eigenvalue weighted by Crippen LogP contribution is 2.29. The number of aromatic nitrogens is 3. The van der Waals surface area contributed by atoms with Gasteiger partial charge in [0.05, 0.1) is 22.5 Å². The van der Waals surface area contributed by atoms with Crippen molar-refractivity contribution < 1.29 is 4.79 Å². The Bertz CT molecular complexity index is 798. The van der Waals surface area contributed by atoms with Crippen LogP contribution in [0.4, 0.5) is 5.13 Å². The van der Waals surface area contributed by atoms with Crippen molar-refractivity contribution in [2.75, 3.05) is 11.1 Å². The number of carbonyl (C=O) groups is 1. The number of amides is 1. The molecule has 1 aromatic carbocycles. The van der Waals surface area contributed by atoms with Crippen LogP contribution >= 0.6 is 23.1 Å². The van der Waals surface area contributed by atoms with Crippen molar-refractivity contribution >= 4 is 45.2 Å². The van der Waals surface area contributed by atoms with E-state index >= 15 is 0 Å². The zero-order valence-electron chi connectivity index (χ0n) is 12.5. The van der Waals surface area contributed by atoms with Gasteiger partial charge < -0.3 is 10.3 Å². The molecule has 1 aliphatic rings. The zero-order chi connectivity index (χ0) is 15.6. The number of thiazole rings is 1. The van der Waals surface area contributed by atoms with Gasteiger partial charge in [0.2, 0.25) is 5.91 Å². The second kappa shape index (κ2) is 6.33. The minimum atomic E-state index is -0.0402. The highest BCUT2D eigenvalue weighted by molar-refractivity contribution is 7.99. The molecule has 0 atom stereocenters. The number of para-hydroxylation sites is 2. The van der Waals surface area contributed by atoms with E-state index in [1.807, 2.05) is 24.3 Å². The van der Waals surface area contributed by atoms with Gasteiger partial charge >= 0.3 is 0 Å². The lowest BCUT2D eigenvalue weighted by molar-refractivity contribution is -0.113. The Morgan fingerprint density at radius 2 is 2.13 bits per heavy atom. The van der Waals surface area contributed by atoms with E-state index in [4.69, 9.17) is 0 Å². The van der Waals surface area contributed by atoms with E-state index in [2.05, 4.69) is 20.3 Å². The van der Waals surface area contributed by atoms with Gasteiger partial charge in [-0.3, -0.25) is 4.79 Å². The first-order chi connectivity index (χ1) is 11.3. The van der Waals surface area contributed by atoms with Gasteiger partial charge in [0.15, 0.2) is 10.3 Å². The van der Waals surface area contributed by atoms with Crippen LogP contribution in [0.25, 0.3) is 11.0 Å². The lowest BCUT2D eigenvalue weighted by Crippen LogP contribution is -2.14. The van der Waals surface area contributed by atoms with E-state index in [-0.39, 0.29) is 5.91 Å². The number of carbonyl (C=O) groups excluding carboxylic acids is 1. The van der Waals surface area contributed by atoms with Gasteiger partial charge in [-0.15, -0.1) is 11.3 Å². The van der Waals surface area contributed by atoms with Gasteiger partial charge in [-0.25, -0.2) is 9.97 Å². The lowest BCUT2D eigenvalue weighted by atomic mass is 10.0. The average Bonchev–Trinajstić information content (AvgIpc) is 3.15. The number of anilines is 1. The van der Waals surface area contributed by atoms with Gasteiger partial charge in [-0.2, -0.15) is 0 Å². The molecular weight excluding hydrogens is 328 g/mol. The maximum absolute atomic E-state index is 12.1. The molecule has 0 aliphatic heterocycles. The molecule has 0 saturated heterocycles. The Morgan fingerprint density at radius 3 is 3.00 bits per heavy atom. The third-order valence-electron chi connectivity index (χ3n) is 3.80. The highest BCUT2D eigenvalue weighted by Gasteiger charge is 2.16. The van der Waals surface area contributed by atoms with Crippen molar-refractivity contribution in [2.45, 2.75) is 30.8 Å². The van der Waals surface area contributed by atoms with Crippen molar-refractivity contribution in [1.29, 1.82) is 0 Å². The molecular formula is C16H16N4OS2. The fraction of sp³-hybridized carbons (Fsp3) is 0.312. The quantitative estimate of drug-likeness (QED) is 0.709. The Morgan fingerprint density at radius 1 is 1.26 bits per heavy atom. The summed E-state index contributed by atoms with van der Waals surface area (Å²) in [5, 5.41) is 4.40. The van der Waals surface area contributed by atoms with Crippen LogP contribution in [0.2, 0.25) is 0 Å². The van der Waals surface area contributed by atoms with E-state index in [1.54, 1.807) is 11.3 Å². The van der Waals surface area contributed by atoms with Gasteiger partial charge in [0, 0.05) is 4.88 Å². The molecule has 0 bridgehead atoms. The Balaban J connectivity index is 1.37. The fourth-order valence-electron chi connectivity index (χ4n) is 2.69. The number of H-pyrrole nitrogens is 1. The summed E-state index contributed by atoms with van der Waals surface area (Å²) in [4.78, 5) is 25.6. The molecule has 1 amide bonds. The number of nitrogens with zero attached hydrogens (tertiary/aromatic N) is 2. The average molecular weight is 344 g/mol. The van der Waals surface area contributed by atoms with Crippen molar-refractivity contribution in [2.24, 2.45) is 0 Å². The molecule has 2 aromatic heterocycles. The first kappa shape index (κ1) is 14.7. The molecule has 2 heterocycles. The first-order valence-electron chi connectivity index (χ1n) is 7.64. The molecule has 0 unspecified atom stereocenters. The third kappa shape index (κ3) is 3.25.